The van der Waals surface area contributed by atoms with Gasteiger partial charge in [0.2, 0.25) is 0 Å². The van der Waals surface area contributed by atoms with Gasteiger partial charge in [-0.15, -0.1) is 0 Å². The number of rotatable bonds is 8. The largest absolute Gasteiger partial charge is 0.393 e. The van der Waals surface area contributed by atoms with Crippen LogP contribution in [0, 0.1) is 52.3 Å². The lowest BCUT2D eigenvalue weighted by Crippen LogP contribution is -2.62. The molecule has 0 radical (unpaired) electrons. The molecule has 1 saturated heterocycles. The first kappa shape index (κ1) is 32.6. The number of urea groups is 1. The smallest absolute Gasteiger partial charge is 0.328 e. The number of morpholine rings is 1. The predicted molar refractivity (Wildman–Crippen MR) is 163 cm³/mol. The van der Waals surface area contributed by atoms with E-state index in [2.05, 4.69) is 37.7 Å². The van der Waals surface area contributed by atoms with Crippen LogP contribution in [0.4, 0.5) is 4.79 Å². The molecule has 0 bridgehead atoms. The first-order valence-electron chi connectivity index (χ1n) is 16.8. The van der Waals surface area contributed by atoms with Crippen molar-refractivity contribution in [3.05, 3.63) is 0 Å². The molecule has 42 heavy (non-hydrogen) atoms. The number of hydrogen-bond acceptors (Lipinski definition) is 7. The van der Waals surface area contributed by atoms with Gasteiger partial charge in [-0.05, 0) is 117 Å². The Hall–Kier alpha value is -0.780. The zero-order chi connectivity index (χ0) is 30.4. The third-order valence-electron chi connectivity index (χ3n) is 12.8. The summed E-state index contributed by atoms with van der Waals surface area (Å²) in [5.74, 6) is 3.10. The molecule has 0 aromatic heterocycles. The van der Waals surface area contributed by atoms with Crippen molar-refractivity contribution in [2.75, 3.05) is 19.6 Å². The minimum absolute atomic E-state index is 0.0242. The first-order valence-corrected chi connectivity index (χ1v) is 17.9. The summed E-state index contributed by atoms with van der Waals surface area (Å²) in [6, 6.07) is -0.484. The van der Waals surface area contributed by atoms with Gasteiger partial charge in [0.05, 0.1) is 37.5 Å². The maximum absolute atomic E-state index is 12.5. The van der Waals surface area contributed by atoms with Crippen LogP contribution in [-0.2, 0) is 20.3 Å². The molecule has 4 saturated carbocycles. The van der Waals surface area contributed by atoms with Gasteiger partial charge in [0, 0.05) is 6.54 Å². The number of aliphatic hydroxyl groups is 2. The van der Waals surface area contributed by atoms with Gasteiger partial charge < -0.3 is 20.3 Å². The van der Waals surface area contributed by atoms with Crippen LogP contribution in [0.1, 0.15) is 99.3 Å². The molecule has 0 aromatic carbocycles. The van der Waals surface area contributed by atoms with Gasteiger partial charge in [0.25, 0.3) is 11.3 Å². The average Bonchev–Trinajstić information content (AvgIpc) is 3.26. The third kappa shape index (κ3) is 6.19. The van der Waals surface area contributed by atoms with E-state index in [9.17, 15) is 19.2 Å². The highest BCUT2D eigenvalue weighted by Gasteiger charge is 2.64. The summed E-state index contributed by atoms with van der Waals surface area (Å²) in [5, 5.41) is 26.9. The minimum Gasteiger partial charge on any atom is -0.393 e. The Labute approximate surface area is 256 Å². The van der Waals surface area contributed by atoms with Gasteiger partial charge in [-0.2, -0.15) is 9.35 Å². The molecule has 10 heteroatoms. The van der Waals surface area contributed by atoms with Crippen LogP contribution in [0.25, 0.3) is 0 Å². The topological polar surface area (TPSA) is 120 Å². The number of nitrogens with zero attached hydrogens (tertiary/aromatic N) is 1. The molecule has 4 aliphatic carbocycles. The standard InChI is InChI=1S/C32H57N3O6S/c1-7-23-27-16-22(36)10-13-32(27,6)26-11-14-31(5)24(8-9-25(31)28(26)29(23)37)19(2)12-15-33-30(38)34-42(39)41-35-17-20(3)40-21(4)18-35/h19-29,36-37H,7-18H2,1-6H3,(H2,33,34,38)/t19-,20-,21-,22-,23-,24-,25+,26+,27+,28+,29-,31-,32-,42?/m1/s1. The Kier molecular flexibility index (Phi) is 10.0. The number of carbonyl (C=O) groups excluding carboxylic acids is 1. The van der Waals surface area contributed by atoms with E-state index < -0.39 is 17.3 Å². The van der Waals surface area contributed by atoms with Crippen LogP contribution < -0.4 is 10.0 Å². The summed E-state index contributed by atoms with van der Waals surface area (Å²) >= 11 is -1.96. The van der Waals surface area contributed by atoms with Crippen molar-refractivity contribution < 1.29 is 28.2 Å². The molecule has 4 N–H and O–H groups in total. The van der Waals surface area contributed by atoms with E-state index in [-0.39, 0.29) is 41.2 Å². The molecule has 2 amide bonds. The summed E-state index contributed by atoms with van der Waals surface area (Å²) in [4.78, 5) is 12.5. The van der Waals surface area contributed by atoms with Gasteiger partial charge in [-0.25, -0.2) is 13.7 Å². The fourth-order valence-electron chi connectivity index (χ4n) is 11.0. The van der Waals surface area contributed by atoms with Gasteiger partial charge >= 0.3 is 6.03 Å². The number of nitrogens with one attached hydrogen (secondary N) is 2. The summed E-state index contributed by atoms with van der Waals surface area (Å²) in [5.41, 5.74) is 0.412. The van der Waals surface area contributed by atoms with Crippen molar-refractivity contribution in [3.63, 3.8) is 0 Å². The van der Waals surface area contributed by atoms with Crippen LogP contribution >= 0.6 is 0 Å². The van der Waals surface area contributed by atoms with Crippen molar-refractivity contribution in [2.45, 2.75) is 124 Å². The lowest BCUT2D eigenvalue weighted by molar-refractivity contribution is -0.203. The summed E-state index contributed by atoms with van der Waals surface area (Å²) in [6.07, 6.45) is 8.85. The van der Waals surface area contributed by atoms with Crippen LogP contribution in [-0.4, -0.2) is 69.6 Å². The average molecular weight is 612 g/mol. The third-order valence-corrected chi connectivity index (χ3v) is 13.5. The molecule has 5 aliphatic rings. The van der Waals surface area contributed by atoms with E-state index in [1.54, 1.807) is 5.06 Å². The van der Waals surface area contributed by atoms with Crippen molar-refractivity contribution in [3.8, 4) is 0 Å². The van der Waals surface area contributed by atoms with Gasteiger partial charge in [0.1, 0.15) is 0 Å². The number of amides is 2. The highest BCUT2D eigenvalue weighted by atomic mass is 32.2. The summed E-state index contributed by atoms with van der Waals surface area (Å²) in [7, 11) is 0. The Balaban J connectivity index is 1.15. The first-order chi connectivity index (χ1) is 19.9. The number of aliphatic hydroxyl groups excluding tert-OH is 2. The minimum atomic E-state index is -1.96. The van der Waals surface area contributed by atoms with E-state index in [4.69, 9.17) is 9.02 Å². The van der Waals surface area contributed by atoms with Crippen LogP contribution in [0.2, 0.25) is 0 Å². The van der Waals surface area contributed by atoms with E-state index in [0.717, 1.165) is 32.1 Å². The molecular formula is C32H57N3O6S. The lowest BCUT2D eigenvalue weighted by Gasteiger charge is -2.64. The number of hydrogen-bond donors (Lipinski definition) is 4. The second-order valence-corrected chi connectivity index (χ2v) is 16.0. The highest BCUT2D eigenvalue weighted by Crippen LogP contribution is 2.69. The molecule has 14 atom stereocenters. The highest BCUT2D eigenvalue weighted by molar-refractivity contribution is 7.78. The molecule has 1 aliphatic heterocycles. The summed E-state index contributed by atoms with van der Waals surface area (Å²) in [6.45, 7) is 14.9. The normalized spacial score (nSPS) is 47.0. The molecular weight excluding hydrogens is 554 g/mol. The monoisotopic (exact) mass is 611 g/mol. The van der Waals surface area contributed by atoms with Crippen LogP contribution in [0.5, 0.6) is 0 Å². The van der Waals surface area contributed by atoms with Gasteiger partial charge in [-0.3, -0.25) is 0 Å². The predicted octanol–water partition coefficient (Wildman–Crippen LogP) is 4.56. The van der Waals surface area contributed by atoms with Crippen molar-refractivity contribution in [1.29, 1.82) is 0 Å². The molecule has 9 nitrogen and oxygen atoms in total. The molecule has 0 aromatic rings. The summed E-state index contributed by atoms with van der Waals surface area (Å²) < 4.78 is 25.8. The second-order valence-electron chi connectivity index (χ2n) is 15.2. The van der Waals surface area contributed by atoms with Crippen LogP contribution in [0.15, 0.2) is 0 Å². The number of fused-ring (bicyclic) bond motifs is 5. The maximum Gasteiger partial charge on any atom is 0.328 e. The number of hydroxylamine groups is 2. The molecule has 1 unspecified atom stereocenters. The van der Waals surface area contributed by atoms with Crippen molar-refractivity contribution in [2.24, 2.45) is 52.3 Å². The Morgan fingerprint density at radius 1 is 1.05 bits per heavy atom. The molecule has 242 valence electrons. The fraction of sp³-hybridized carbons (Fsp3) is 0.969. The number of ether oxygens (including phenoxy) is 1. The Bertz CT molecular complexity index is 978. The maximum atomic E-state index is 12.5. The second kappa shape index (κ2) is 12.9. The Morgan fingerprint density at radius 3 is 2.40 bits per heavy atom. The van der Waals surface area contributed by atoms with Crippen molar-refractivity contribution >= 4 is 17.3 Å². The molecule has 0 spiro atoms. The van der Waals surface area contributed by atoms with E-state index in [0.29, 0.717) is 55.1 Å². The fourth-order valence-corrected chi connectivity index (χ4v) is 11.5. The quantitative estimate of drug-likeness (QED) is 0.318. The molecule has 5 rings (SSSR count). The van der Waals surface area contributed by atoms with E-state index in [1.807, 2.05) is 13.8 Å². The van der Waals surface area contributed by atoms with Crippen LogP contribution in [0.3, 0.4) is 0 Å². The van der Waals surface area contributed by atoms with Gasteiger partial charge in [0.15, 0.2) is 0 Å². The molecule has 5 fully saturated rings. The lowest BCUT2D eigenvalue weighted by atomic mass is 9.41. The molecule has 1 heterocycles. The number of carbonyl (C=O) groups is 1. The van der Waals surface area contributed by atoms with E-state index >= 15 is 0 Å². The van der Waals surface area contributed by atoms with Gasteiger partial charge in [-0.1, -0.05) is 34.1 Å². The Morgan fingerprint density at radius 2 is 1.71 bits per heavy atom. The zero-order valence-corrected chi connectivity index (χ0v) is 27.5. The van der Waals surface area contributed by atoms with E-state index in [1.165, 1.54) is 25.7 Å². The zero-order valence-electron chi connectivity index (χ0n) is 26.7. The van der Waals surface area contributed by atoms with Crippen molar-refractivity contribution in [1.82, 2.24) is 15.1 Å². The SMILES string of the molecule is CC[C@H]1[C@@H](O)[C@@H]2[C@H](CC[C@]3(C)[C@@H]([C@H](C)CCNC(=O)NS(=O)ON4C[C@@H](C)O[C@H](C)C4)CC[C@@H]23)[C@@]2(C)CC[C@@H](O)C[C@@H]12.